The molecule has 0 unspecified atom stereocenters. The zero-order chi connectivity index (χ0) is 8.97. The molecule has 0 atom stereocenters. The molecule has 0 saturated heterocycles. The molecule has 0 amide bonds. The number of nitrogens with zero attached hydrogens (tertiary/aromatic N) is 3. The molecule has 0 aliphatic carbocycles. The first-order valence-corrected chi connectivity index (χ1v) is 4.07. The van der Waals surface area contributed by atoms with Crippen LogP contribution in [-0.2, 0) is 13.1 Å². The van der Waals surface area contributed by atoms with E-state index < -0.39 is 0 Å². The Bertz CT molecular complexity index is 280. The molecule has 0 aliphatic rings. The molecule has 0 N–H and O–H groups in total. The van der Waals surface area contributed by atoms with E-state index in [2.05, 4.69) is 23.8 Å². The summed E-state index contributed by atoms with van der Waals surface area (Å²) in [4.78, 5) is 3.30. The van der Waals surface area contributed by atoms with Gasteiger partial charge in [-0.15, -0.1) is 0 Å². The highest BCUT2D eigenvalue weighted by atomic mass is 15.3. The summed E-state index contributed by atoms with van der Waals surface area (Å²) in [5.74, 6) is 0.602. The average Bonchev–Trinajstić information content (AvgIpc) is 2.36. The maximum atomic E-state index is 6.68. The fraction of sp³-hybridized carbons (Fsp3) is 0.556. The lowest BCUT2D eigenvalue weighted by atomic mass is 10.2. The molecule has 0 saturated carbocycles. The van der Waals surface area contributed by atoms with Crippen LogP contribution >= 0.6 is 0 Å². The van der Waals surface area contributed by atoms with Crippen molar-refractivity contribution in [1.29, 1.82) is 0 Å². The van der Waals surface area contributed by atoms with E-state index in [4.69, 9.17) is 6.57 Å². The van der Waals surface area contributed by atoms with Gasteiger partial charge in [0.1, 0.15) is 0 Å². The quantitative estimate of drug-likeness (QED) is 0.624. The second-order valence-electron chi connectivity index (χ2n) is 3.28. The number of hydrogen-bond donors (Lipinski definition) is 0. The molecule has 1 heterocycles. The highest BCUT2D eigenvalue weighted by Crippen LogP contribution is 2.02. The molecule has 0 spiro atoms. The topological polar surface area (TPSA) is 22.2 Å². The van der Waals surface area contributed by atoms with Crippen LogP contribution in [0.3, 0.4) is 0 Å². The molecule has 12 heavy (non-hydrogen) atoms. The maximum Gasteiger partial charge on any atom is 0.242 e. The van der Waals surface area contributed by atoms with Crippen molar-refractivity contribution in [3.05, 3.63) is 29.4 Å². The molecule has 0 aliphatic heterocycles. The molecule has 0 radical (unpaired) electrons. The molecule has 0 fully saturated rings. The van der Waals surface area contributed by atoms with Gasteiger partial charge >= 0.3 is 0 Å². The Hall–Kier alpha value is -1.30. The van der Waals surface area contributed by atoms with E-state index in [1.807, 2.05) is 10.9 Å². The number of hydrogen-bond acceptors (Lipinski definition) is 1. The van der Waals surface area contributed by atoms with Crippen LogP contribution in [0.5, 0.6) is 0 Å². The number of rotatable bonds is 3. The van der Waals surface area contributed by atoms with Gasteiger partial charge in [-0.2, -0.15) is 5.10 Å². The molecule has 0 aromatic carbocycles. The fourth-order valence-electron chi connectivity index (χ4n) is 1.05. The summed E-state index contributed by atoms with van der Waals surface area (Å²) in [5.41, 5.74) is 1.01. The van der Waals surface area contributed by atoms with E-state index in [9.17, 15) is 0 Å². The van der Waals surface area contributed by atoms with E-state index in [1.165, 1.54) is 0 Å². The summed E-state index contributed by atoms with van der Waals surface area (Å²) < 4.78 is 1.89. The highest BCUT2D eigenvalue weighted by Gasteiger charge is 2.01. The molecule has 64 valence electrons. The third-order valence-corrected chi connectivity index (χ3v) is 1.50. The summed E-state index contributed by atoms with van der Waals surface area (Å²) in [6, 6.07) is 0. The van der Waals surface area contributed by atoms with Crippen molar-refractivity contribution in [1.82, 2.24) is 9.78 Å². The Morgan fingerprint density at radius 3 is 3.00 bits per heavy atom. The molecular weight excluding hydrogens is 150 g/mol. The van der Waals surface area contributed by atoms with E-state index in [-0.39, 0.29) is 0 Å². The summed E-state index contributed by atoms with van der Waals surface area (Å²) in [7, 11) is 0. The molecule has 1 rings (SSSR count). The van der Waals surface area contributed by atoms with Gasteiger partial charge in [-0.05, 0) is 5.92 Å². The molecule has 3 nitrogen and oxygen atoms in total. The fourth-order valence-corrected chi connectivity index (χ4v) is 1.05. The van der Waals surface area contributed by atoms with Crippen molar-refractivity contribution in [3.8, 4) is 0 Å². The Labute approximate surface area is 72.8 Å². The third-order valence-electron chi connectivity index (χ3n) is 1.50. The van der Waals surface area contributed by atoms with E-state index in [0.29, 0.717) is 12.5 Å². The Kier molecular flexibility index (Phi) is 2.87. The minimum absolute atomic E-state index is 0.443. The lowest BCUT2D eigenvalue weighted by Crippen LogP contribution is -2.04. The normalized spacial score (nSPS) is 10.2. The van der Waals surface area contributed by atoms with Crippen LogP contribution in [0.1, 0.15) is 19.4 Å². The van der Waals surface area contributed by atoms with Crippen LogP contribution in [0.15, 0.2) is 12.4 Å². The second kappa shape index (κ2) is 3.91. The van der Waals surface area contributed by atoms with Crippen LogP contribution in [0.4, 0.5) is 0 Å². The van der Waals surface area contributed by atoms with Crippen LogP contribution in [-0.4, -0.2) is 9.78 Å². The molecular formula is C9H13N3. The SMILES string of the molecule is [C-]#[N+]Cc1cnn(CC(C)C)c1. The minimum Gasteiger partial charge on any atom is -0.312 e. The first-order chi connectivity index (χ1) is 5.72. The minimum atomic E-state index is 0.443. The molecule has 1 aromatic rings. The van der Waals surface area contributed by atoms with Crippen LogP contribution in [0, 0.1) is 12.5 Å². The van der Waals surface area contributed by atoms with Gasteiger partial charge in [0.05, 0.1) is 11.8 Å². The van der Waals surface area contributed by atoms with Gasteiger partial charge in [0.15, 0.2) is 0 Å². The van der Waals surface area contributed by atoms with Gasteiger partial charge in [-0.25, -0.2) is 6.57 Å². The van der Waals surface area contributed by atoms with Gasteiger partial charge in [-0.3, -0.25) is 4.68 Å². The monoisotopic (exact) mass is 163 g/mol. The summed E-state index contributed by atoms with van der Waals surface area (Å²) in [5, 5.41) is 4.15. The van der Waals surface area contributed by atoms with E-state index >= 15 is 0 Å². The standard InChI is InChI=1S/C9H13N3/c1-8(2)6-12-7-9(4-10-3)5-11-12/h5,7-8H,4,6H2,1-2H3. The zero-order valence-corrected chi connectivity index (χ0v) is 7.49. The van der Waals surface area contributed by atoms with Gasteiger partial charge in [-0.1, -0.05) is 13.8 Å². The van der Waals surface area contributed by atoms with Crippen LogP contribution in [0.2, 0.25) is 0 Å². The van der Waals surface area contributed by atoms with Gasteiger partial charge in [0.25, 0.3) is 0 Å². The Balaban J connectivity index is 2.59. The van der Waals surface area contributed by atoms with Gasteiger partial charge in [0.2, 0.25) is 6.54 Å². The summed E-state index contributed by atoms with van der Waals surface area (Å²) >= 11 is 0. The van der Waals surface area contributed by atoms with E-state index in [0.717, 1.165) is 12.1 Å². The van der Waals surface area contributed by atoms with Crippen molar-refractivity contribution < 1.29 is 0 Å². The number of aromatic nitrogens is 2. The third kappa shape index (κ3) is 2.39. The lowest BCUT2D eigenvalue weighted by molar-refractivity contribution is 0.483. The average molecular weight is 163 g/mol. The molecule has 0 bridgehead atoms. The maximum absolute atomic E-state index is 6.68. The zero-order valence-electron chi connectivity index (χ0n) is 7.49. The van der Waals surface area contributed by atoms with Crippen molar-refractivity contribution in [3.63, 3.8) is 0 Å². The van der Waals surface area contributed by atoms with Crippen molar-refractivity contribution in [2.24, 2.45) is 5.92 Å². The highest BCUT2D eigenvalue weighted by molar-refractivity contribution is 5.05. The van der Waals surface area contributed by atoms with Gasteiger partial charge in [0, 0.05) is 12.7 Å². The molecule has 3 heteroatoms. The Morgan fingerprint density at radius 1 is 1.67 bits per heavy atom. The lowest BCUT2D eigenvalue weighted by Gasteiger charge is -2.02. The van der Waals surface area contributed by atoms with Crippen LogP contribution in [0.25, 0.3) is 4.85 Å². The first-order valence-electron chi connectivity index (χ1n) is 4.07. The smallest absolute Gasteiger partial charge is 0.242 e. The largest absolute Gasteiger partial charge is 0.312 e. The van der Waals surface area contributed by atoms with Gasteiger partial charge < -0.3 is 4.85 Å². The summed E-state index contributed by atoms with van der Waals surface area (Å²) in [6.07, 6.45) is 3.71. The summed E-state index contributed by atoms with van der Waals surface area (Å²) in [6.45, 7) is 12.3. The first kappa shape index (κ1) is 8.79. The Morgan fingerprint density at radius 2 is 2.42 bits per heavy atom. The molecule has 1 aromatic heterocycles. The van der Waals surface area contributed by atoms with Crippen molar-refractivity contribution >= 4 is 0 Å². The predicted molar refractivity (Wildman–Crippen MR) is 47.4 cm³/mol. The van der Waals surface area contributed by atoms with E-state index in [1.54, 1.807) is 6.20 Å². The van der Waals surface area contributed by atoms with Crippen molar-refractivity contribution in [2.75, 3.05) is 0 Å². The van der Waals surface area contributed by atoms with Crippen LogP contribution < -0.4 is 0 Å². The second-order valence-corrected chi connectivity index (χ2v) is 3.28. The predicted octanol–water partition coefficient (Wildman–Crippen LogP) is 1.96. The van der Waals surface area contributed by atoms with Crippen molar-refractivity contribution in [2.45, 2.75) is 26.9 Å².